The Labute approximate surface area is 163 Å². The van der Waals surface area contributed by atoms with E-state index in [1.54, 1.807) is 0 Å². The zero-order valence-electron chi connectivity index (χ0n) is 16.3. The lowest BCUT2D eigenvalue weighted by atomic mass is 10.2. The first kappa shape index (κ1) is 22.2. The first-order valence-corrected chi connectivity index (χ1v) is 9.40. The van der Waals surface area contributed by atoms with E-state index in [0.29, 0.717) is 25.6 Å². The minimum absolute atomic E-state index is 0.0313. The minimum Gasteiger partial charge on any atom is -0.475 e. The first-order valence-electron chi connectivity index (χ1n) is 9.40. The molecule has 7 nitrogen and oxygen atoms in total. The van der Waals surface area contributed by atoms with Gasteiger partial charge < -0.3 is 20.1 Å². The number of alkyl halides is 3. The van der Waals surface area contributed by atoms with Crippen LogP contribution in [0.1, 0.15) is 19.4 Å². The fraction of sp³-hybridized carbons (Fsp3) is 0.667. The number of nitrogens with zero attached hydrogens (tertiary/aromatic N) is 3. The molecule has 2 rings (SSSR count). The molecule has 10 heteroatoms. The van der Waals surface area contributed by atoms with Gasteiger partial charge >= 0.3 is 6.18 Å². The Morgan fingerprint density at radius 1 is 1.36 bits per heavy atom. The summed E-state index contributed by atoms with van der Waals surface area (Å²) in [6.45, 7) is 8.92. The van der Waals surface area contributed by atoms with Gasteiger partial charge in [-0.2, -0.15) is 13.2 Å². The monoisotopic (exact) mass is 403 g/mol. The van der Waals surface area contributed by atoms with Crippen LogP contribution in [0.3, 0.4) is 0 Å². The van der Waals surface area contributed by atoms with Crippen molar-refractivity contribution < 1.29 is 22.6 Å². The van der Waals surface area contributed by atoms with Gasteiger partial charge in [0.05, 0.1) is 26.3 Å². The predicted molar refractivity (Wildman–Crippen MR) is 101 cm³/mol. The molecule has 158 valence electrons. The van der Waals surface area contributed by atoms with Crippen molar-refractivity contribution in [2.24, 2.45) is 4.99 Å². The third-order valence-corrected chi connectivity index (χ3v) is 4.24. The number of morpholine rings is 1. The van der Waals surface area contributed by atoms with Gasteiger partial charge in [-0.15, -0.1) is 0 Å². The summed E-state index contributed by atoms with van der Waals surface area (Å²) < 4.78 is 49.4. The van der Waals surface area contributed by atoms with Crippen molar-refractivity contribution in [3.05, 3.63) is 23.9 Å². The van der Waals surface area contributed by atoms with Crippen molar-refractivity contribution >= 4 is 5.96 Å². The third-order valence-electron chi connectivity index (χ3n) is 4.24. The Morgan fingerprint density at radius 2 is 2.11 bits per heavy atom. The van der Waals surface area contributed by atoms with Crippen molar-refractivity contribution in [2.45, 2.75) is 26.1 Å². The fourth-order valence-corrected chi connectivity index (χ4v) is 2.74. The summed E-state index contributed by atoms with van der Waals surface area (Å²) in [6.07, 6.45) is -3.22. The van der Waals surface area contributed by atoms with Crippen LogP contribution in [0.15, 0.2) is 23.3 Å². The number of pyridine rings is 1. The van der Waals surface area contributed by atoms with Crippen LogP contribution in [0, 0.1) is 0 Å². The first-order chi connectivity index (χ1) is 13.4. The number of aromatic nitrogens is 1. The summed E-state index contributed by atoms with van der Waals surface area (Å²) in [5.41, 5.74) is -0.880. The molecule has 1 aromatic heterocycles. The van der Waals surface area contributed by atoms with Crippen molar-refractivity contribution in [1.82, 2.24) is 20.5 Å². The molecule has 0 saturated carbocycles. The van der Waals surface area contributed by atoms with E-state index in [1.807, 2.05) is 6.92 Å². The molecule has 1 aliphatic heterocycles. The van der Waals surface area contributed by atoms with Gasteiger partial charge in [-0.05, 0) is 26.0 Å². The minimum atomic E-state index is -4.50. The molecule has 0 amide bonds. The second-order valence-corrected chi connectivity index (χ2v) is 6.35. The molecule has 0 spiro atoms. The Bertz CT molecular complexity index is 621. The Kier molecular flexibility index (Phi) is 8.78. The Morgan fingerprint density at radius 3 is 2.79 bits per heavy atom. The van der Waals surface area contributed by atoms with Crippen LogP contribution < -0.4 is 15.4 Å². The molecule has 0 aromatic carbocycles. The van der Waals surface area contributed by atoms with Gasteiger partial charge in [0.1, 0.15) is 12.2 Å². The lowest BCUT2D eigenvalue weighted by Crippen LogP contribution is -2.45. The van der Waals surface area contributed by atoms with Crippen molar-refractivity contribution in [3.8, 4) is 5.88 Å². The molecule has 1 aromatic rings. The molecule has 1 atom stereocenters. The van der Waals surface area contributed by atoms with E-state index in [1.165, 1.54) is 12.3 Å². The number of hydrogen-bond donors (Lipinski definition) is 2. The topological polar surface area (TPSA) is 71.0 Å². The molecular formula is C18H28F3N5O2. The smallest absolute Gasteiger partial charge is 0.421 e. The molecule has 2 N–H and O–H groups in total. The van der Waals surface area contributed by atoms with Crippen LogP contribution in [0.2, 0.25) is 0 Å². The van der Waals surface area contributed by atoms with E-state index < -0.39 is 17.6 Å². The highest BCUT2D eigenvalue weighted by molar-refractivity contribution is 5.79. The summed E-state index contributed by atoms with van der Waals surface area (Å²) in [4.78, 5) is 10.5. The fourth-order valence-electron chi connectivity index (χ4n) is 2.74. The summed E-state index contributed by atoms with van der Waals surface area (Å²) >= 11 is 0. The van der Waals surface area contributed by atoms with Gasteiger partial charge in [0, 0.05) is 31.9 Å². The molecule has 1 fully saturated rings. The molecule has 2 heterocycles. The summed E-state index contributed by atoms with van der Waals surface area (Å²) in [7, 11) is 0. The van der Waals surface area contributed by atoms with Crippen molar-refractivity contribution in [3.63, 3.8) is 0 Å². The molecule has 28 heavy (non-hydrogen) atoms. The van der Waals surface area contributed by atoms with Crippen LogP contribution in [-0.4, -0.2) is 74.4 Å². The van der Waals surface area contributed by atoms with E-state index in [-0.39, 0.29) is 12.6 Å². The summed E-state index contributed by atoms with van der Waals surface area (Å²) in [5.74, 6) is 0.183. The Balaban J connectivity index is 1.81. The average molecular weight is 403 g/mol. The maximum Gasteiger partial charge on any atom is 0.421 e. The summed E-state index contributed by atoms with van der Waals surface area (Å²) in [6, 6.07) is 2.46. The average Bonchev–Trinajstić information content (AvgIpc) is 2.69. The SMILES string of the molecule is CCNC(=NCC(C)N1CCOCC1)NCCOc1ncccc1C(F)(F)F. The number of guanidine groups is 1. The second kappa shape index (κ2) is 11.1. The quantitative estimate of drug-likeness (QED) is 0.392. The van der Waals surface area contributed by atoms with E-state index in [9.17, 15) is 13.2 Å². The number of rotatable bonds is 8. The van der Waals surface area contributed by atoms with Gasteiger partial charge in [-0.25, -0.2) is 4.98 Å². The van der Waals surface area contributed by atoms with E-state index >= 15 is 0 Å². The van der Waals surface area contributed by atoms with Gasteiger partial charge in [-0.1, -0.05) is 0 Å². The van der Waals surface area contributed by atoms with Crippen LogP contribution >= 0.6 is 0 Å². The maximum atomic E-state index is 12.9. The van der Waals surface area contributed by atoms with E-state index in [2.05, 4.69) is 32.4 Å². The van der Waals surface area contributed by atoms with Crippen molar-refractivity contribution in [2.75, 3.05) is 52.5 Å². The standard InChI is InChI=1S/C18H28F3N5O2/c1-3-22-17(25-13-14(2)26-8-11-27-12-9-26)24-7-10-28-16-15(18(19,20)21)5-4-6-23-16/h4-6,14H,3,7-13H2,1-2H3,(H2,22,24,25). The number of hydrogen-bond acceptors (Lipinski definition) is 5. The van der Waals surface area contributed by atoms with E-state index in [4.69, 9.17) is 9.47 Å². The highest BCUT2D eigenvalue weighted by atomic mass is 19.4. The molecule has 1 aliphatic rings. The van der Waals surface area contributed by atoms with Crippen LogP contribution in [0.5, 0.6) is 5.88 Å². The lowest BCUT2D eigenvalue weighted by molar-refractivity contribution is -0.139. The Hall–Kier alpha value is -2.07. The molecule has 1 saturated heterocycles. The molecule has 0 bridgehead atoms. The summed E-state index contributed by atoms with van der Waals surface area (Å²) in [5, 5.41) is 6.19. The van der Waals surface area contributed by atoms with Gasteiger partial charge in [0.15, 0.2) is 5.96 Å². The van der Waals surface area contributed by atoms with E-state index in [0.717, 1.165) is 32.4 Å². The number of nitrogens with one attached hydrogen (secondary N) is 2. The van der Waals surface area contributed by atoms with Gasteiger partial charge in [0.25, 0.3) is 0 Å². The van der Waals surface area contributed by atoms with Crippen LogP contribution in [-0.2, 0) is 10.9 Å². The molecule has 0 aliphatic carbocycles. The molecule has 1 unspecified atom stereocenters. The molecular weight excluding hydrogens is 375 g/mol. The lowest BCUT2D eigenvalue weighted by Gasteiger charge is -2.31. The second-order valence-electron chi connectivity index (χ2n) is 6.35. The third kappa shape index (κ3) is 7.16. The largest absolute Gasteiger partial charge is 0.475 e. The van der Waals surface area contributed by atoms with Gasteiger partial charge in [-0.3, -0.25) is 9.89 Å². The number of halogens is 3. The maximum absolute atomic E-state index is 12.9. The number of ether oxygens (including phenoxy) is 2. The molecule has 0 radical (unpaired) electrons. The normalized spacial score (nSPS) is 17.2. The zero-order valence-corrected chi connectivity index (χ0v) is 16.3. The zero-order chi connectivity index (χ0) is 20.4. The highest BCUT2D eigenvalue weighted by Crippen LogP contribution is 2.34. The van der Waals surface area contributed by atoms with Gasteiger partial charge in [0.2, 0.25) is 5.88 Å². The highest BCUT2D eigenvalue weighted by Gasteiger charge is 2.35. The number of aliphatic imine (C=N–C) groups is 1. The van der Waals surface area contributed by atoms with Crippen LogP contribution in [0.25, 0.3) is 0 Å². The van der Waals surface area contributed by atoms with Crippen molar-refractivity contribution in [1.29, 1.82) is 0 Å². The predicted octanol–water partition coefficient (Wildman–Crippen LogP) is 1.75. The van der Waals surface area contributed by atoms with Crippen LogP contribution in [0.4, 0.5) is 13.2 Å².